The first-order valence-corrected chi connectivity index (χ1v) is 7.55. The number of nitrogens with zero attached hydrogens (tertiary/aromatic N) is 4. The van der Waals surface area contributed by atoms with E-state index in [1.807, 2.05) is 10.8 Å². The minimum Gasteiger partial charge on any atom is -0.368 e. The van der Waals surface area contributed by atoms with Crippen LogP contribution in [-0.2, 0) is 16.1 Å². The van der Waals surface area contributed by atoms with Gasteiger partial charge in [0.25, 0.3) is 5.56 Å². The first-order chi connectivity index (χ1) is 11.1. The van der Waals surface area contributed by atoms with E-state index in [4.69, 9.17) is 4.74 Å². The van der Waals surface area contributed by atoms with Crippen molar-refractivity contribution in [1.29, 1.82) is 0 Å². The lowest BCUT2D eigenvalue weighted by Gasteiger charge is -2.32. The van der Waals surface area contributed by atoms with Crippen LogP contribution in [0.25, 0.3) is 0 Å². The molecule has 0 saturated carbocycles. The quantitative estimate of drug-likeness (QED) is 0.873. The van der Waals surface area contributed by atoms with E-state index in [1.54, 1.807) is 24.3 Å². The van der Waals surface area contributed by atoms with Crippen molar-refractivity contribution in [2.24, 2.45) is 0 Å². The first-order valence-electron chi connectivity index (χ1n) is 7.55. The van der Waals surface area contributed by atoms with Gasteiger partial charge in [-0.2, -0.15) is 0 Å². The molecular weight excluding hydrogens is 298 g/mol. The summed E-state index contributed by atoms with van der Waals surface area (Å²) < 4.78 is 7.55. The van der Waals surface area contributed by atoms with Gasteiger partial charge in [0.2, 0.25) is 5.91 Å². The fraction of sp³-hybridized carbons (Fsp3) is 0.467. The molecule has 2 aromatic heterocycles. The number of hydrogen-bond acceptors (Lipinski definition) is 5. The van der Waals surface area contributed by atoms with Gasteiger partial charge in [-0.15, -0.1) is 0 Å². The van der Waals surface area contributed by atoms with Crippen molar-refractivity contribution in [1.82, 2.24) is 24.4 Å². The molecule has 8 nitrogen and oxygen atoms in total. The van der Waals surface area contributed by atoms with Gasteiger partial charge >= 0.3 is 0 Å². The molecule has 23 heavy (non-hydrogen) atoms. The van der Waals surface area contributed by atoms with Crippen molar-refractivity contribution in [3.63, 3.8) is 0 Å². The number of morpholine rings is 1. The Morgan fingerprint density at radius 1 is 1.52 bits per heavy atom. The predicted molar refractivity (Wildman–Crippen MR) is 81.7 cm³/mol. The number of hydrogen-bond donors (Lipinski definition) is 1. The average molecular weight is 317 g/mol. The van der Waals surface area contributed by atoms with Gasteiger partial charge in [0.1, 0.15) is 11.9 Å². The molecule has 0 spiro atoms. The standard InChI is InChI=1S/C15H19N5O3/c1-11-17-12(8-14(21)18-11)13-9-20(6-7-23-13)15(22)2-4-19-5-3-16-10-19/h3,5,8,10,13H,2,4,6-7,9H2,1H3,(H,17,18,21)/t13-/m0/s1. The Labute approximate surface area is 133 Å². The van der Waals surface area contributed by atoms with Gasteiger partial charge < -0.3 is 19.2 Å². The normalized spacial score (nSPS) is 18.1. The molecule has 122 valence electrons. The Balaban J connectivity index is 1.63. The third-order valence-electron chi connectivity index (χ3n) is 3.77. The van der Waals surface area contributed by atoms with E-state index in [9.17, 15) is 9.59 Å². The third kappa shape index (κ3) is 3.84. The number of H-pyrrole nitrogens is 1. The maximum atomic E-state index is 12.4. The summed E-state index contributed by atoms with van der Waals surface area (Å²) in [6, 6.07) is 1.43. The molecule has 1 N–H and O–H groups in total. The fourth-order valence-electron chi connectivity index (χ4n) is 2.62. The molecule has 0 unspecified atom stereocenters. The van der Waals surface area contributed by atoms with Crippen molar-refractivity contribution >= 4 is 5.91 Å². The SMILES string of the molecule is Cc1nc([C@@H]2CN(C(=O)CCn3ccnc3)CCO2)cc(=O)[nH]1. The largest absolute Gasteiger partial charge is 0.368 e. The van der Waals surface area contributed by atoms with Crippen molar-refractivity contribution in [2.75, 3.05) is 19.7 Å². The Bertz CT molecular complexity index is 725. The molecule has 8 heteroatoms. The summed E-state index contributed by atoms with van der Waals surface area (Å²) in [5.74, 6) is 0.605. The van der Waals surface area contributed by atoms with Crippen LogP contribution >= 0.6 is 0 Å². The summed E-state index contributed by atoms with van der Waals surface area (Å²) in [7, 11) is 0. The summed E-state index contributed by atoms with van der Waals surface area (Å²) in [5, 5.41) is 0. The molecule has 0 radical (unpaired) electrons. The minimum absolute atomic E-state index is 0.0635. The highest BCUT2D eigenvalue weighted by Gasteiger charge is 2.26. The van der Waals surface area contributed by atoms with Gasteiger partial charge in [0.15, 0.2) is 0 Å². The van der Waals surface area contributed by atoms with Gasteiger partial charge in [0.05, 0.1) is 25.2 Å². The molecule has 1 amide bonds. The van der Waals surface area contributed by atoms with E-state index in [-0.39, 0.29) is 17.6 Å². The Hall–Kier alpha value is -2.48. The zero-order valence-electron chi connectivity index (χ0n) is 12.9. The van der Waals surface area contributed by atoms with E-state index in [0.29, 0.717) is 44.2 Å². The second kappa shape index (κ2) is 6.74. The van der Waals surface area contributed by atoms with Crippen LogP contribution in [0.5, 0.6) is 0 Å². The molecule has 0 aliphatic carbocycles. The second-order valence-electron chi connectivity index (χ2n) is 5.51. The van der Waals surface area contributed by atoms with Crippen LogP contribution < -0.4 is 5.56 Å². The lowest BCUT2D eigenvalue weighted by molar-refractivity contribution is -0.139. The number of imidazole rings is 1. The number of ether oxygens (including phenoxy) is 1. The molecular formula is C15H19N5O3. The van der Waals surface area contributed by atoms with Crippen molar-refractivity contribution < 1.29 is 9.53 Å². The van der Waals surface area contributed by atoms with Gasteiger partial charge in [-0.3, -0.25) is 9.59 Å². The predicted octanol–water partition coefficient (Wildman–Crippen LogP) is 0.265. The number of amides is 1. The van der Waals surface area contributed by atoms with Crippen molar-refractivity contribution in [3.8, 4) is 0 Å². The molecule has 0 aromatic carbocycles. The molecule has 1 aliphatic rings. The van der Waals surface area contributed by atoms with Crippen molar-refractivity contribution in [3.05, 3.63) is 46.7 Å². The average Bonchev–Trinajstić information content (AvgIpc) is 3.05. The van der Waals surface area contributed by atoms with Crippen LogP contribution in [0.15, 0.2) is 29.6 Å². The summed E-state index contributed by atoms with van der Waals surface area (Å²) in [6.07, 6.45) is 5.26. The Morgan fingerprint density at radius 3 is 3.13 bits per heavy atom. The number of aromatic amines is 1. The van der Waals surface area contributed by atoms with E-state index in [2.05, 4.69) is 15.0 Å². The maximum absolute atomic E-state index is 12.4. The molecule has 1 saturated heterocycles. The van der Waals surface area contributed by atoms with E-state index in [0.717, 1.165) is 0 Å². The van der Waals surface area contributed by atoms with Crippen LogP contribution in [-0.4, -0.2) is 50.0 Å². The first kappa shape index (κ1) is 15.4. The highest BCUT2D eigenvalue weighted by Crippen LogP contribution is 2.20. The lowest BCUT2D eigenvalue weighted by atomic mass is 10.2. The topological polar surface area (TPSA) is 93.1 Å². The summed E-state index contributed by atoms with van der Waals surface area (Å²) >= 11 is 0. The smallest absolute Gasteiger partial charge is 0.251 e. The molecule has 1 aliphatic heterocycles. The second-order valence-corrected chi connectivity index (χ2v) is 5.51. The summed E-state index contributed by atoms with van der Waals surface area (Å²) in [6.45, 7) is 3.74. The molecule has 0 bridgehead atoms. The van der Waals surface area contributed by atoms with Crippen LogP contribution in [0.1, 0.15) is 24.0 Å². The van der Waals surface area contributed by atoms with Gasteiger partial charge in [-0.1, -0.05) is 0 Å². The Kier molecular flexibility index (Phi) is 4.52. The highest BCUT2D eigenvalue weighted by atomic mass is 16.5. The van der Waals surface area contributed by atoms with Crippen molar-refractivity contribution in [2.45, 2.75) is 26.0 Å². The molecule has 2 aromatic rings. The number of rotatable bonds is 4. The number of aryl methyl sites for hydroxylation is 2. The number of carbonyl (C=O) groups is 1. The Morgan fingerprint density at radius 2 is 2.39 bits per heavy atom. The minimum atomic E-state index is -0.359. The van der Waals surface area contributed by atoms with E-state index in [1.165, 1.54) is 6.07 Å². The van der Waals surface area contributed by atoms with Gasteiger partial charge in [-0.25, -0.2) is 9.97 Å². The monoisotopic (exact) mass is 317 g/mol. The highest BCUT2D eigenvalue weighted by molar-refractivity contribution is 5.76. The van der Waals surface area contributed by atoms with Crippen LogP contribution in [0, 0.1) is 6.92 Å². The molecule has 1 fully saturated rings. The molecule has 1 atom stereocenters. The number of nitrogens with one attached hydrogen (secondary N) is 1. The molecule has 3 heterocycles. The van der Waals surface area contributed by atoms with Gasteiger partial charge in [0, 0.05) is 38.0 Å². The molecule has 3 rings (SSSR count). The summed E-state index contributed by atoms with van der Waals surface area (Å²) in [5.41, 5.74) is 0.359. The van der Waals surface area contributed by atoms with Crippen LogP contribution in [0.2, 0.25) is 0 Å². The zero-order valence-corrected chi connectivity index (χ0v) is 12.9. The summed E-state index contributed by atoms with van der Waals surface area (Å²) in [4.78, 5) is 36.6. The third-order valence-corrected chi connectivity index (χ3v) is 3.77. The van der Waals surface area contributed by atoms with Gasteiger partial charge in [-0.05, 0) is 6.92 Å². The van der Waals surface area contributed by atoms with E-state index >= 15 is 0 Å². The zero-order chi connectivity index (χ0) is 16.2. The van der Waals surface area contributed by atoms with Crippen LogP contribution in [0.3, 0.4) is 0 Å². The lowest BCUT2D eigenvalue weighted by Crippen LogP contribution is -2.43. The van der Waals surface area contributed by atoms with Crippen LogP contribution in [0.4, 0.5) is 0 Å². The number of carbonyl (C=O) groups excluding carboxylic acids is 1. The number of aromatic nitrogens is 4. The fourth-order valence-corrected chi connectivity index (χ4v) is 2.62. The maximum Gasteiger partial charge on any atom is 0.251 e. The van der Waals surface area contributed by atoms with E-state index < -0.39 is 0 Å².